The first-order valence-corrected chi connectivity index (χ1v) is 3.59. The standard InChI is InChI=1S/C5H10O2S/c1-7-4-3-5(6)8-2/h3-4H2,1-2H3. The Labute approximate surface area is 53.6 Å². The van der Waals surface area contributed by atoms with Crippen LogP contribution in [-0.2, 0) is 9.53 Å². The van der Waals surface area contributed by atoms with Crippen LogP contribution in [0.25, 0.3) is 0 Å². The molecule has 0 atom stereocenters. The highest BCUT2D eigenvalue weighted by molar-refractivity contribution is 8.13. The first kappa shape index (κ1) is 7.98. The SMILES string of the molecule is COCCC(=O)SC. The van der Waals surface area contributed by atoms with E-state index in [9.17, 15) is 4.79 Å². The second-order valence-electron chi connectivity index (χ2n) is 1.32. The molecule has 0 amide bonds. The Morgan fingerprint density at radius 2 is 2.38 bits per heavy atom. The second-order valence-corrected chi connectivity index (χ2v) is 2.18. The van der Waals surface area contributed by atoms with Gasteiger partial charge in [-0.25, -0.2) is 0 Å². The molecule has 8 heavy (non-hydrogen) atoms. The van der Waals surface area contributed by atoms with Gasteiger partial charge in [0.2, 0.25) is 0 Å². The fourth-order valence-corrected chi connectivity index (χ4v) is 0.575. The summed E-state index contributed by atoms with van der Waals surface area (Å²) in [4.78, 5) is 10.5. The minimum absolute atomic E-state index is 0.187. The summed E-state index contributed by atoms with van der Waals surface area (Å²) in [6.07, 6.45) is 2.30. The lowest BCUT2D eigenvalue weighted by molar-refractivity contribution is -0.111. The number of carbonyl (C=O) groups is 1. The molecule has 48 valence electrons. The highest BCUT2D eigenvalue weighted by Gasteiger charge is 1.94. The molecule has 0 N–H and O–H groups in total. The maximum atomic E-state index is 10.5. The van der Waals surface area contributed by atoms with E-state index in [2.05, 4.69) is 4.74 Å². The predicted octanol–water partition coefficient (Wildman–Crippen LogP) is 0.912. The van der Waals surface area contributed by atoms with Crippen molar-refractivity contribution in [3.8, 4) is 0 Å². The molecule has 0 aliphatic carbocycles. The topological polar surface area (TPSA) is 26.3 Å². The summed E-state index contributed by atoms with van der Waals surface area (Å²) in [7, 11) is 1.59. The third-order valence-electron chi connectivity index (χ3n) is 0.738. The molecule has 0 radical (unpaired) electrons. The van der Waals surface area contributed by atoms with E-state index in [1.54, 1.807) is 13.4 Å². The number of carbonyl (C=O) groups excluding carboxylic acids is 1. The molecule has 0 unspecified atom stereocenters. The molecule has 3 heteroatoms. The van der Waals surface area contributed by atoms with Crippen LogP contribution in [0.4, 0.5) is 0 Å². The van der Waals surface area contributed by atoms with Gasteiger partial charge in [0, 0.05) is 13.5 Å². The maximum absolute atomic E-state index is 10.5. The van der Waals surface area contributed by atoms with Gasteiger partial charge >= 0.3 is 0 Å². The molecule has 0 aliphatic heterocycles. The number of methoxy groups -OCH3 is 1. The van der Waals surface area contributed by atoms with Crippen molar-refractivity contribution in [2.75, 3.05) is 20.0 Å². The minimum Gasteiger partial charge on any atom is -0.384 e. The summed E-state index contributed by atoms with van der Waals surface area (Å²) in [6.45, 7) is 0.541. The van der Waals surface area contributed by atoms with E-state index in [-0.39, 0.29) is 5.12 Å². The zero-order chi connectivity index (χ0) is 6.41. The Balaban J connectivity index is 2.99. The van der Waals surface area contributed by atoms with Crippen molar-refractivity contribution < 1.29 is 9.53 Å². The van der Waals surface area contributed by atoms with Gasteiger partial charge in [0.15, 0.2) is 5.12 Å². The Hall–Kier alpha value is -0.0200. The molecular formula is C5H10O2S. The predicted molar refractivity (Wildman–Crippen MR) is 35.0 cm³/mol. The zero-order valence-corrected chi connectivity index (χ0v) is 5.96. The number of hydrogen-bond acceptors (Lipinski definition) is 3. The van der Waals surface area contributed by atoms with E-state index in [1.807, 2.05) is 0 Å². The Bertz CT molecular complexity index is 72.8. The van der Waals surface area contributed by atoms with Gasteiger partial charge in [0.25, 0.3) is 0 Å². The first-order chi connectivity index (χ1) is 3.81. The quantitative estimate of drug-likeness (QED) is 0.574. The molecule has 0 spiro atoms. The lowest BCUT2D eigenvalue weighted by Gasteiger charge is -1.92. The summed E-state index contributed by atoms with van der Waals surface area (Å²) in [6, 6.07) is 0. The third-order valence-corrected chi connectivity index (χ3v) is 1.40. The van der Waals surface area contributed by atoms with Crippen molar-refractivity contribution in [1.82, 2.24) is 0 Å². The first-order valence-electron chi connectivity index (χ1n) is 2.37. The molecule has 0 aromatic carbocycles. The average molecular weight is 134 g/mol. The fraction of sp³-hybridized carbons (Fsp3) is 0.800. The van der Waals surface area contributed by atoms with Crippen molar-refractivity contribution in [3.05, 3.63) is 0 Å². The Morgan fingerprint density at radius 3 is 2.75 bits per heavy atom. The number of hydrogen-bond donors (Lipinski definition) is 0. The number of thioether (sulfide) groups is 1. The van der Waals surface area contributed by atoms with Gasteiger partial charge < -0.3 is 4.74 Å². The molecule has 0 aliphatic rings. The van der Waals surface area contributed by atoms with E-state index < -0.39 is 0 Å². The second kappa shape index (κ2) is 5.12. The van der Waals surface area contributed by atoms with E-state index in [0.717, 1.165) is 0 Å². The summed E-state index contributed by atoms with van der Waals surface area (Å²) < 4.78 is 4.68. The van der Waals surface area contributed by atoms with Crippen molar-refractivity contribution in [2.24, 2.45) is 0 Å². The van der Waals surface area contributed by atoms with Gasteiger partial charge in [-0.15, -0.1) is 0 Å². The summed E-state index contributed by atoms with van der Waals surface area (Å²) >= 11 is 1.25. The fourth-order valence-electron chi connectivity index (χ4n) is 0.287. The van der Waals surface area contributed by atoms with Gasteiger partial charge in [-0.3, -0.25) is 4.79 Å². The van der Waals surface area contributed by atoms with E-state index >= 15 is 0 Å². The summed E-state index contributed by atoms with van der Waals surface area (Å²) in [5.41, 5.74) is 0. The third kappa shape index (κ3) is 4.15. The van der Waals surface area contributed by atoms with Crippen LogP contribution in [0.2, 0.25) is 0 Å². The molecule has 0 aromatic rings. The van der Waals surface area contributed by atoms with Crippen LogP contribution in [-0.4, -0.2) is 25.1 Å². The van der Waals surface area contributed by atoms with Crippen LogP contribution in [0.1, 0.15) is 6.42 Å². The van der Waals surface area contributed by atoms with Crippen molar-refractivity contribution in [1.29, 1.82) is 0 Å². The van der Waals surface area contributed by atoms with E-state index in [0.29, 0.717) is 13.0 Å². The van der Waals surface area contributed by atoms with Crippen molar-refractivity contribution in [3.63, 3.8) is 0 Å². The van der Waals surface area contributed by atoms with Gasteiger partial charge in [-0.1, -0.05) is 11.8 Å². The van der Waals surface area contributed by atoms with Crippen LogP contribution in [0.15, 0.2) is 0 Å². The zero-order valence-electron chi connectivity index (χ0n) is 5.14. The summed E-state index contributed by atoms with van der Waals surface area (Å²) in [5, 5.41) is 0.187. The Morgan fingerprint density at radius 1 is 1.75 bits per heavy atom. The smallest absolute Gasteiger partial charge is 0.190 e. The molecular weight excluding hydrogens is 124 g/mol. The van der Waals surface area contributed by atoms with Crippen LogP contribution in [0.3, 0.4) is 0 Å². The molecule has 2 nitrogen and oxygen atoms in total. The van der Waals surface area contributed by atoms with Crippen LogP contribution in [0.5, 0.6) is 0 Å². The minimum atomic E-state index is 0.187. The largest absolute Gasteiger partial charge is 0.384 e. The summed E-state index contributed by atoms with van der Waals surface area (Å²) in [5.74, 6) is 0. The molecule has 0 heterocycles. The van der Waals surface area contributed by atoms with Crippen molar-refractivity contribution >= 4 is 16.9 Å². The van der Waals surface area contributed by atoms with Gasteiger partial charge in [-0.2, -0.15) is 0 Å². The molecule has 0 rings (SSSR count). The monoisotopic (exact) mass is 134 g/mol. The van der Waals surface area contributed by atoms with Gasteiger partial charge in [0.05, 0.1) is 6.61 Å². The lowest BCUT2D eigenvalue weighted by Crippen LogP contribution is -1.96. The molecule has 0 saturated heterocycles. The molecule has 0 aromatic heterocycles. The van der Waals surface area contributed by atoms with Crippen molar-refractivity contribution in [2.45, 2.75) is 6.42 Å². The van der Waals surface area contributed by atoms with Crippen LogP contribution >= 0.6 is 11.8 Å². The number of rotatable bonds is 3. The van der Waals surface area contributed by atoms with Crippen LogP contribution in [0, 0.1) is 0 Å². The molecule has 0 bridgehead atoms. The van der Waals surface area contributed by atoms with Crippen LogP contribution < -0.4 is 0 Å². The van der Waals surface area contributed by atoms with Gasteiger partial charge in [-0.05, 0) is 6.26 Å². The van der Waals surface area contributed by atoms with E-state index in [1.165, 1.54) is 11.8 Å². The normalized spacial score (nSPS) is 9.25. The highest BCUT2D eigenvalue weighted by Crippen LogP contribution is 1.97. The number of ether oxygens (including phenoxy) is 1. The lowest BCUT2D eigenvalue weighted by atomic mass is 10.5. The maximum Gasteiger partial charge on any atom is 0.190 e. The average Bonchev–Trinajstić information content (AvgIpc) is 1.83. The highest BCUT2D eigenvalue weighted by atomic mass is 32.2. The molecule has 0 fully saturated rings. The molecule has 0 saturated carbocycles. The van der Waals surface area contributed by atoms with Gasteiger partial charge in [0.1, 0.15) is 0 Å². The Kier molecular flexibility index (Phi) is 5.11. The van der Waals surface area contributed by atoms with E-state index in [4.69, 9.17) is 0 Å².